The molecule has 0 spiro atoms. The van der Waals surface area contributed by atoms with Gasteiger partial charge in [-0.2, -0.15) is 0 Å². The number of rotatable bonds is 9. The Morgan fingerprint density at radius 1 is 1.14 bits per heavy atom. The summed E-state index contributed by atoms with van der Waals surface area (Å²) in [5.74, 6) is -0.148. The van der Waals surface area contributed by atoms with Crippen molar-refractivity contribution >= 4 is 23.4 Å². The number of amides is 2. The number of hydrogen-bond donors (Lipinski definition) is 2. The van der Waals surface area contributed by atoms with E-state index in [1.54, 1.807) is 0 Å². The summed E-state index contributed by atoms with van der Waals surface area (Å²) in [4.78, 5) is 29.0. The van der Waals surface area contributed by atoms with Gasteiger partial charge in [-0.25, -0.2) is 0 Å². The standard InChI is InChI=1S/C22H35ClN4O2/c1-5-26(16-21(29)25-22(2,3)4)15-20(28)24-14-19(27-12-8-9-13-27)17-10-6-7-11-18(17)23/h6-7,10-11,19H,5,8-9,12-16H2,1-4H3,(H,24,28)(H,25,29). The average molecular weight is 423 g/mol. The van der Waals surface area contributed by atoms with Crippen molar-refractivity contribution in [2.45, 2.75) is 52.1 Å². The maximum atomic E-state index is 12.6. The van der Waals surface area contributed by atoms with Gasteiger partial charge in [-0.15, -0.1) is 0 Å². The van der Waals surface area contributed by atoms with Crippen LogP contribution in [0.3, 0.4) is 0 Å². The first-order chi connectivity index (χ1) is 13.7. The zero-order valence-electron chi connectivity index (χ0n) is 18.1. The molecule has 1 fully saturated rings. The summed E-state index contributed by atoms with van der Waals surface area (Å²) in [7, 11) is 0. The monoisotopic (exact) mass is 422 g/mol. The van der Waals surface area contributed by atoms with E-state index in [2.05, 4.69) is 15.5 Å². The van der Waals surface area contributed by atoms with Crippen molar-refractivity contribution in [3.05, 3.63) is 34.9 Å². The molecule has 1 aliphatic heterocycles. The molecule has 0 bridgehead atoms. The highest BCUT2D eigenvalue weighted by atomic mass is 35.5. The van der Waals surface area contributed by atoms with E-state index < -0.39 is 0 Å². The Kier molecular flexibility index (Phi) is 8.93. The van der Waals surface area contributed by atoms with Gasteiger partial charge in [0.1, 0.15) is 0 Å². The number of carbonyl (C=O) groups excluding carboxylic acids is 2. The van der Waals surface area contributed by atoms with Gasteiger partial charge in [0.05, 0.1) is 19.1 Å². The predicted octanol–water partition coefficient (Wildman–Crippen LogP) is 2.83. The molecule has 1 saturated heterocycles. The van der Waals surface area contributed by atoms with Gasteiger partial charge in [0.2, 0.25) is 11.8 Å². The lowest BCUT2D eigenvalue weighted by molar-refractivity contribution is -0.125. The van der Waals surface area contributed by atoms with Crippen molar-refractivity contribution in [3.8, 4) is 0 Å². The van der Waals surface area contributed by atoms with Crippen LogP contribution in [0.2, 0.25) is 5.02 Å². The van der Waals surface area contributed by atoms with E-state index in [1.165, 1.54) is 12.8 Å². The number of carbonyl (C=O) groups is 2. The first-order valence-electron chi connectivity index (χ1n) is 10.5. The fourth-order valence-electron chi connectivity index (χ4n) is 3.64. The summed E-state index contributed by atoms with van der Waals surface area (Å²) < 4.78 is 0. The molecule has 6 nitrogen and oxygen atoms in total. The third-order valence-electron chi connectivity index (χ3n) is 5.03. The van der Waals surface area contributed by atoms with Crippen LogP contribution >= 0.6 is 11.6 Å². The minimum absolute atomic E-state index is 0.0643. The van der Waals surface area contributed by atoms with Crippen LogP contribution in [-0.2, 0) is 9.59 Å². The van der Waals surface area contributed by atoms with Crippen LogP contribution in [0.25, 0.3) is 0 Å². The zero-order valence-corrected chi connectivity index (χ0v) is 18.9. The second-order valence-corrected chi connectivity index (χ2v) is 9.09. The molecule has 0 aromatic heterocycles. The van der Waals surface area contributed by atoms with Gasteiger partial charge >= 0.3 is 0 Å². The Morgan fingerprint density at radius 2 is 1.76 bits per heavy atom. The lowest BCUT2D eigenvalue weighted by Gasteiger charge is -2.29. The Balaban J connectivity index is 1.93. The van der Waals surface area contributed by atoms with Gasteiger partial charge in [0, 0.05) is 17.1 Å². The Bertz CT molecular complexity index is 684. The molecule has 2 rings (SSSR count). The van der Waals surface area contributed by atoms with E-state index in [9.17, 15) is 9.59 Å². The van der Waals surface area contributed by atoms with Crippen LogP contribution in [0, 0.1) is 0 Å². The summed E-state index contributed by atoms with van der Waals surface area (Å²) in [6.45, 7) is 11.4. The van der Waals surface area contributed by atoms with Gasteiger partial charge in [0.25, 0.3) is 0 Å². The highest BCUT2D eigenvalue weighted by Gasteiger charge is 2.26. The Hall–Kier alpha value is -1.63. The lowest BCUT2D eigenvalue weighted by Crippen LogP contribution is -2.48. The number of likely N-dealkylation sites (tertiary alicyclic amines) is 1. The molecule has 29 heavy (non-hydrogen) atoms. The number of benzene rings is 1. The molecule has 7 heteroatoms. The number of nitrogens with zero attached hydrogens (tertiary/aromatic N) is 2. The smallest absolute Gasteiger partial charge is 0.234 e. The van der Waals surface area contributed by atoms with Crippen molar-refractivity contribution in [2.24, 2.45) is 0 Å². The molecule has 1 aliphatic rings. The highest BCUT2D eigenvalue weighted by molar-refractivity contribution is 6.31. The highest BCUT2D eigenvalue weighted by Crippen LogP contribution is 2.29. The zero-order chi connectivity index (χ0) is 21.4. The van der Waals surface area contributed by atoms with E-state index in [1.807, 2.05) is 56.9 Å². The van der Waals surface area contributed by atoms with E-state index in [0.29, 0.717) is 13.1 Å². The quantitative estimate of drug-likeness (QED) is 0.642. The molecule has 2 N–H and O–H groups in total. The van der Waals surface area contributed by atoms with Crippen molar-refractivity contribution in [2.75, 3.05) is 39.3 Å². The van der Waals surface area contributed by atoms with Crippen LogP contribution in [0.15, 0.2) is 24.3 Å². The van der Waals surface area contributed by atoms with E-state index >= 15 is 0 Å². The molecule has 2 amide bonds. The van der Waals surface area contributed by atoms with E-state index in [4.69, 9.17) is 11.6 Å². The minimum Gasteiger partial charge on any atom is -0.353 e. The summed E-state index contributed by atoms with van der Waals surface area (Å²) in [6, 6.07) is 7.90. The predicted molar refractivity (Wildman–Crippen MR) is 118 cm³/mol. The van der Waals surface area contributed by atoms with Crippen molar-refractivity contribution in [1.82, 2.24) is 20.4 Å². The minimum atomic E-state index is -0.281. The molecule has 1 aromatic rings. The van der Waals surface area contributed by atoms with Crippen LogP contribution in [-0.4, -0.2) is 66.4 Å². The largest absolute Gasteiger partial charge is 0.353 e. The summed E-state index contributed by atoms with van der Waals surface area (Å²) >= 11 is 6.44. The molecule has 1 unspecified atom stereocenters. The van der Waals surface area contributed by atoms with Gasteiger partial charge in [-0.3, -0.25) is 19.4 Å². The van der Waals surface area contributed by atoms with Crippen molar-refractivity contribution < 1.29 is 9.59 Å². The molecule has 1 aromatic carbocycles. The van der Waals surface area contributed by atoms with Crippen molar-refractivity contribution in [1.29, 1.82) is 0 Å². The van der Waals surface area contributed by atoms with Gasteiger partial charge < -0.3 is 10.6 Å². The van der Waals surface area contributed by atoms with Crippen LogP contribution < -0.4 is 10.6 Å². The molecular formula is C22H35ClN4O2. The summed E-state index contributed by atoms with van der Waals surface area (Å²) in [5.41, 5.74) is 0.768. The molecule has 0 aliphatic carbocycles. The summed E-state index contributed by atoms with van der Waals surface area (Å²) in [6.07, 6.45) is 2.34. The SMILES string of the molecule is CCN(CC(=O)NCC(c1ccccc1Cl)N1CCCC1)CC(=O)NC(C)(C)C. The molecule has 0 radical (unpaired) electrons. The number of halogens is 1. The summed E-state index contributed by atoms with van der Waals surface area (Å²) in [5, 5.41) is 6.73. The molecular weight excluding hydrogens is 388 g/mol. The van der Waals surface area contributed by atoms with E-state index in [-0.39, 0.29) is 36.5 Å². The number of likely N-dealkylation sites (N-methyl/N-ethyl adjacent to an activating group) is 1. The van der Waals surface area contributed by atoms with Gasteiger partial charge in [-0.05, 0) is 64.9 Å². The first kappa shape index (κ1) is 23.6. The molecule has 1 heterocycles. The molecule has 162 valence electrons. The number of nitrogens with one attached hydrogen (secondary N) is 2. The first-order valence-corrected chi connectivity index (χ1v) is 10.9. The fraction of sp³-hybridized carbons (Fsp3) is 0.636. The third-order valence-corrected chi connectivity index (χ3v) is 5.38. The van der Waals surface area contributed by atoms with Gasteiger partial charge in [-0.1, -0.05) is 36.7 Å². The second kappa shape index (κ2) is 11.0. The van der Waals surface area contributed by atoms with Crippen LogP contribution in [0.4, 0.5) is 0 Å². The molecule has 1 atom stereocenters. The van der Waals surface area contributed by atoms with E-state index in [0.717, 1.165) is 23.7 Å². The maximum absolute atomic E-state index is 12.6. The average Bonchev–Trinajstić information content (AvgIpc) is 3.15. The van der Waals surface area contributed by atoms with Crippen molar-refractivity contribution in [3.63, 3.8) is 0 Å². The maximum Gasteiger partial charge on any atom is 0.234 e. The number of hydrogen-bond acceptors (Lipinski definition) is 4. The fourth-order valence-corrected chi connectivity index (χ4v) is 3.91. The Morgan fingerprint density at radius 3 is 2.34 bits per heavy atom. The molecule has 0 saturated carbocycles. The lowest BCUT2D eigenvalue weighted by atomic mass is 10.1. The topological polar surface area (TPSA) is 64.7 Å². The normalized spacial score (nSPS) is 16.1. The second-order valence-electron chi connectivity index (χ2n) is 8.69. The van der Waals surface area contributed by atoms with Crippen LogP contribution in [0.5, 0.6) is 0 Å². The Labute approximate surface area is 180 Å². The third kappa shape index (κ3) is 7.96. The van der Waals surface area contributed by atoms with Gasteiger partial charge in [0.15, 0.2) is 0 Å². The van der Waals surface area contributed by atoms with Crippen LogP contribution in [0.1, 0.15) is 52.1 Å².